The lowest BCUT2D eigenvalue weighted by Gasteiger charge is -2.07. The molecule has 0 heterocycles. The summed E-state index contributed by atoms with van der Waals surface area (Å²) >= 11 is 0. The van der Waals surface area contributed by atoms with Gasteiger partial charge in [0, 0.05) is 12.7 Å². The molecule has 2 rings (SSSR count). The second kappa shape index (κ2) is 7.70. The quantitative estimate of drug-likeness (QED) is 0.779. The van der Waals surface area contributed by atoms with Gasteiger partial charge in [0.2, 0.25) is 0 Å². The summed E-state index contributed by atoms with van der Waals surface area (Å²) < 4.78 is 36.2. The van der Waals surface area contributed by atoms with Crippen molar-refractivity contribution in [3.8, 4) is 5.75 Å². The summed E-state index contributed by atoms with van der Waals surface area (Å²) in [6.45, 7) is 1.69. The fraction of sp³-hybridized carbons (Fsp3) is 0.250. The molecule has 0 aliphatic rings. The van der Waals surface area contributed by atoms with Crippen molar-refractivity contribution in [1.29, 1.82) is 0 Å². The Balaban J connectivity index is 0.000000224. The summed E-state index contributed by atoms with van der Waals surface area (Å²) in [4.78, 5) is 0. The van der Waals surface area contributed by atoms with Gasteiger partial charge in [-0.1, -0.05) is 18.2 Å². The zero-order valence-electron chi connectivity index (χ0n) is 12.2. The summed E-state index contributed by atoms with van der Waals surface area (Å²) in [6, 6.07) is 11.6. The van der Waals surface area contributed by atoms with Crippen molar-refractivity contribution in [1.82, 2.24) is 0 Å². The Hall–Kier alpha value is -2.21. The number of hydrogen-bond donors (Lipinski definition) is 3. The normalized spacial score (nSPS) is 12.1. The Morgan fingerprint density at radius 2 is 1.64 bits per heavy atom. The molecule has 0 saturated carbocycles. The molecule has 0 aromatic heterocycles. The van der Waals surface area contributed by atoms with Crippen LogP contribution in [0.2, 0.25) is 0 Å². The van der Waals surface area contributed by atoms with Gasteiger partial charge in [-0.05, 0) is 42.8 Å². The highest BCUT2D eigenvalue weighted by Gasteiger charge is 2.30. The van der Waals surface area contributed by atoms with Gasteiger partial charge in [0.05, 0.1) is 11.7 Å². The topological polar surface area (TPSA) is 52.5 Å². The largest absolute Gasteiger partial charge is 0.508 e. The van der Waals surface area contributed by atoms with Crippen LogP contribution in [0, 0.1) is 0 Å². The number of benzene rings is 2. The first-order valence-corrected chi connectivity index (χ1v) is 6.56. The van der Waals surface area contributed by atoms with Gasteiger partial charge in [0.25, 0.3) is 0 Å². The summed E-state index contributed by atoms with van der Waals surface area (Å²) in [5.74, 6) is 0.226. The van der Waals surface area contributed by atoms with Crippen LogP contribution in [0.15, 0.2) is 48.5 Å². The van der Waals surface area contributed by atoms with Crippen molar-refractivity contribution in [2.75, 3.05) is 12.4 Å². The maximum Gasteiger partial charge on any atom is 0.416 e. The molecule has 2 aromatic rings. The molecule has 120 valence electrons. The number of alkyl halides is 3. The molecule has 0 aliphatic carbocycles. The van der Waals surface area contributed by atoms with Crippen LogP contribution in [0.5, 0.6) is 5.75 Å². The van der Waals surface area contributed by atoms with Crippen LogP contribution in [-0.2, 0) is 6.18 Å². The van der Waals surface area contributed by atoms with Gasteiger partial charge < -0.3 is 15.5 Å². The van der Waals surface area contributed by atoms with Gasteiger partial charge in [0.15, 0.2) is 0 Å². The van der Waals surface area contributed by atoms with Gasteiger partial charge >= 0.3 is 6.18 Å². The summed E-state index contributed by atoms with van der Waals surface area (Å²) in [5.41, 5.74) is 0.650. The highest BCUT2D eigenvalue weighted by molar-refractivity contribution is 5.45. The highest BCUT2D eigenvalue weighted by atomic mass is 19.4. The number of aliphatic hydroxyl groups is 1. The lowest BCUT2D eigenvalue weighted by Crippen LogP contribution is -2.04. The Bertz CT molecular complexity index is 581. The van der Waals surface area contributed by atoms with E-state index in [1.165, 1.54) is 6.07 Å². The lowest BCUT2D eigenvalue weighted by molar-refractivity contribution is -0.137. The van der Waals surface area contributed by atoms with Gasteiger partial charge in [0.1, 0.15) is 5.75 Å². The van der Waals surface area contributed by atoms with E-state index in [9.17, 15) is 13.2 Å². The van der Waals surface area contributed by atoms with Gasteiger partial charge in [-0.2, -0.15) is 13.2 Å². The molecule has 0 radical (unpaired) electrons. The average molecular weight is 313 g/mol. The Kier molecular flexibility index (Phi) is 6.24. The fourth-order valence-electron chi connectivity index (χ4n) is 1.60. The third-order valence-corrected chi connectivity index (χ3v) is 2.85. The number of phenolic OH excluding ortho intramolecular Hbond substituents is 1. The summed E-state index contributed by atoms with van der Waals surface area (Å²) in [5, 5.41) is 20.5. The first kappa shape index (κ1) is 17.8. The molecule has 0 spiro atoms. The van der Waals surface area contributed by atoms with Crippen LogP contribution >= 0.6 is 0 Å². The smallest absolute Gasteiger partial charge is 0.416 e. The van der Waals surface area contributed by atoms with Crippen molar-refractivity contribution in [2.45, 2.75) is 19.2 Å². The molecule has 1 atom stereocenters. The molecule has 0 fully saturated rings. The minimum absolute atomic E-state index is 0.226. The van der Waals surface area contributed by atoms with Crippen molar-refractivity contribution >= 4 is 5.69 Å². The third kappa shape index (κ3) is 5.65. The lowest BCUT2D eigenvalue weighted by atomic mass is 10.1. The molecule has 0 amide bonds. The number of halogens is 3. The predicted molar refractivity (Wildman–Crippen MR) is 79.7 cm³/mol. The molecule has 1 unspecified atom stereocenters. The second-order valence-corrected chi connectivity index (χ2v) is 4.60. The average Bonchev–Trinajstić information content (AvgIpc) is 2.47. The fourth-order valence-corrected chi connectivity index (χ4v) is 1.60. The first-order valence-electron chi connectivity index (χ1n) is 6.56. The minimum Gasteiger partial charge on any atom is -0.508 e. The molecule has 0 saturated heterocycles. The second-order valence-electron chi connectivity index (χ2n) is 4.60. The van der Waals surface area contributed by atoms with E-state index in [-0.39, 0.29) is 5.75 Å². The third-order valence-electron chi connectivity index (χ3n) is 2.85. The van der Waals surface area contributed by atoms with Crippen LogP contribution in [0.4, 0.5) is 18.9 Å². The van der Waals surface area contributed by atoms with Crippen LogP contribution in [-0.4, -0.2) is 17.3 Å². The van der Waals surface area contributed by atoms with E-state index in [2.05, 4.69) is 5.32 Å². The van der Waals surface area contributed by atoms with E-state index in [1.807, 2.05) is 0 Å². The number of anilines is 1. The van der Waals surface area contributed by atoms with E-state index in [1.54, 1.807) is 44.3 Å². The van der Waals surface area contributed by atoms with Crippen molar-refractivity contribution in [3.63, 3.8) is 0 Å². The molecule has 2 aromatic carbocycles. The van der Waals surface area contributed by atoms with Gasteiger partial charge in [-0.25, -0.2) is 0 Å². The van der Waals surface area contributed by atoms with Gasteiger partial charge in [-0.3, -0.25) is 0 Å². The Morgan fingerprint density at radius 3 is 2.09 bits per heavy atom. The maximum atomic E-state index is 12.1. The molecule has 0 aliphatic heterocycles. The van der Waals surface area contributed by atoms with Crippen LogP contribution in [0.3, 0.4) is 0 Å². The maximum absolute atomic E-state index is 12.1. The zero-order chi connectivity index (χ0) is 16.8. The molecule has 0 bridgehead atoms. The number of aliphatic hydroxyl groups excluding tert-OH is 1. The molecular formula is C16H18F3NO2. The van der Waals surface area contributed by atoms with E-state index >= 15 is 0 Å². The van der Waals surface area contributed by atoms with Crippen LogP contribution in [0.1, 0.15) is 24.2 Å². The summed E-state index contributed by atoms with van der Waals surface area (Å²) in [6.07, 6.45) is -4.71. The minimum atomic E-state index is -4.26. The predicted octanol–water partition coefficient (Wildman–Crippen LogP) is 4.19. The monoisotopic (exact) mass is 313 g/mol. The standard InChI is InChI=1S/C8H8F3N.C8H10O2/c1-12-7-4-2-3-6(5-7)8(9,10)11;1-6(9)7-2-4-8(10)5-3-7/h2-5,12H,1H3;2-6,9-10H,1H3. The number of rotatable bonds is 2. The SMILES string of the molecule is CC(O)c1ccc(O)cc1.CNc1cccc(C(F)(F)F)c1. The molecule has 3 nitrogen and oxygen atoms in total. The number of aromatic hydroxyl groups is 1. The van der Waals surface area contributed by atoms with E-state index < -0.39 is 17.8 Å². The Labute approximate surface area is 127 Å². The number of hydrogen-bond acceptors (Lipinski definition) is 3. The van der Waals surface area contributed by atoms with E-state index in [4.69, 9.17) is 10.2 Å². The van der Waals surface area contributed by atoms with Crippen LogP contribution < -0.4 is 5.32 Å². The number of nitrogens with one attached hydrogen (secondary N) is 1. The Morgan fingerprint density at radius 1 is 1.05 bits per heavy atom. The summed E-state index contributed by atoms with van der Waals surface area (Å²) in [7, 11) is 1.58. The van der Waals surface area contributed by atoms with Crippen molar-refractivity contribution in [2.24, 2.45) is 0 Å². The highest BCUT2D eigenvalue weighted by Crippen LogP contribution is 2.30. The molecule has 3 N–H and O–H groups in total. The van der Waals surface area contributed by atoms with Crippen molar-refractivity contribution in [3.05, 3.63) is 59.7 Å². The molecular weight excluding hydrogens is 295 g/mol. The van der Waals surface area contributed by atoms with E-state index in [0.29, 0.717) is 5.69 Å². The van der Waals surface area contributed by atoms with Crippen molar-refractivity contribution < 1.29 is 23.4 Å². The molecule has 6 heteroatoms. The zero-order valence-corrected chi connectivity index (χ0v) is 12.2. The van der Waals surface area contributed by atoms with Gasteiger partial charge in [-0.15, -0.1) is 0 Å². The molecule has 22 heavy (non-hydrogen) atoms. The van der Waals surface area contributed by atoms with Crippen LogP contribution in [0.25, 0.3) is 0 Å². The van der Waals surface area contributed by atoms with E-state index in [0.717, 1.165) is 17.7 Å². The first-order chi connectivity index (χ1) is 10.2. The number of phenols is 1.